The van der Waals surface area contributed by atoms with Gasteiger partial charge in [-0.3, -0.25) is 0 Å². The fourth-order valence-corrected chi connectivity index (χ4v) is 0.263. The molecule has 0 aliphatic heterocycles. The standard InChI is InChI=1S/C5H8N2.Yb/c1-4-6-7-5(2)3;/h2,4H,1,3H3;. The van der Waals surface area contributed by atoms with E-state index in [1.165, 1.54) is 0 Å². The van der Waals surface area contributed by atoms with E-state index in [0.717, 1.165) is 5.71 Å². The Balaban J connectivity index is 3.74. The van der Waals surface area contributed by atoms with Gasteiger partial charge in [0, 0.05) is 0 Å². The summed E-state index contributed by atoms with van der Waals surface area (Å²) in [5.41, 5.74) is 0.886. The Morgan fingerprint density at radius 1 is 1.62 bits per heavy atom. The molecule has 0 saturated carbocycles. The van der Waals surface area contributed by atoms with Crippen molar-refractivity contribution in [2.24, 2.45) is 10.2 Å². The molecule has 2 nitrogen and oxygen atoms in total. The Labute approximate surface area is 79.7 Å². The van der Waals surface area contributed by atoms with E-state index < -0.39 is 0 Å². The van der Waals surface area contributed by atoms with Gasteiger partial charge in [-0.15, -0.1) is 0 Å². The maximum atomic E-state index is 3.76. The van der Waals surface area contributed by atoms with Crippen LogP contribution in [0.2, 0.25) is 0 Å². The summed E-state index contributed by atoms with van der Waals surface area (Å²) in [4.78, 5) is 0. The molecule has 0 aliphatic carbocycles. The fourth-order valence-electron chi connectivity index (χ4n) is 0.164. The SMILES string of the molecule is CC=NN=C(C)[CH]=[Yb]. The topological polar surface area (TPSA) is 24.7 Å². The van der Waals surface area contributed by atoms with Crippen LogP contribution in [0.4, 0.5) is 0 Å². The van der Waals surface area contributed by atoms with Crippen LogP contribution in [0.25, 0.3) is 0 Å². The first kappa shape index (κ1) is 8.73. The second-order valence-corrected chi connectivity index (χ2v) is 1.69. The third kappa shape index (κ3) is 4.88. The van der Waals surface area contributed by atoms with E-state index in [0.29, 0.717) is 0 Å². The quantitative estimate of drug-likeness (QED) is 0.523. The molecule has 0 spiro atoms. The van der Waals surface area contributed by atoms with Crippen LogP contribution in [0.1, 0.15) is 13.8 Å². The number of hydrogen-bond acceptors (Lipinski definition) is 2. The molecule has 0 heterocycles. The Morgan fingerprint density at radius 2 is 2.25 bits per heavy atom. The van der Waals surface area contributed by atoms with Crippen LogP contribution < -0.4 is 0 Å². The summed E-state index contributed by atoms with van der Waals surface area (Å²) in [6, 6.07) is 0. The van der Waals surface area contributed by atoms with E-state index in [9.17, 15) is 0 Å². The molecule has 0 aromatic carbocycles. The molecule has 0 aromatic rings. The summed E-state index contributed by atoms with van der Waals surface area (Å²) in [7, 11) is 0. The van der Waals surface area contributed by atoms with Crippen molar-refractivity contribution in [2.75, 3.05) is 0 Å². The minimum absolute atomic E-state index is 0.886. The Bertz CT molecular complexity index is 126. The zero-order chi connectivity index (χ0) is 6.41. The van der Waals surface area contributed by atoms with E-state index >= 15 is 0 Å². The van der Waals surface area contributed by atoms with Crippen molar-refractivity contribution < 1.29 is 44.1 Å². The molecule has 0 aromatic heterocycles. The molecule has 0 unspecified atom stereocenters. The summed E-state index contributed by atoms with van der Waals surface area (Å²) in [5.74, 6) is 0. The van der Waals surface area contributed by atoms with Crippen molar-refractivity contribution in [3.63, 3.8) is 0 Å². The van der Waals surface area contributed by atoms with Crippen LogP contribution >= 0.6 is 0 Å². The van der Waals surface area contributed by atoms with Gasteiger partial charge in [0.15, 0.2) is 0 Å². The maximum absolute atomic E-state index is 3.76. The molecular formula is C5H8N2Yb. The number of rotatable bonds is 2. The monoisotopic (exact) mass is 270 g/mol. The van der Waals surface area contributed by atoms with E-state index in [2.05, 4.69) is 54.3 Å². The first-order valence-corrected chi connectivity index (χ1v) is 3.19. The van der Waals surface area contributed by atoms with Gasteiger partial charge in [0.25, 0.3) is 0 Å². The summed E-state index contributed by atoms with van der Waals surface area (Å²) in [6.45, 7) is 3.70. The molecule has 0 bridgehead atoms. The second-order valence-electron chi connectivity index (χ2n) is 1.19. The molecule has 0 amide bonds. The molecule has 0 aliphatic rings. The van der Waals surface area contributed by atoms with Gasteiger partial charge in [-0.1, -0.05) is 0 Å². The molecule has 0 saturated heterocycles. The van der Waals surface area contributed by atoms with Gasteiger partial charge in [0.05, 0.1) is 0 Å². The molecule has 0 rings (SSSR count). The van der Waals surface area contributed by atoms with Crippen molar-refractivity contribution in [3.05, 3.63) is 0 Å². The second kappa shape index (κ2) is 5.86. The molecule has 8 heavy (non-hydrogen) atoms. The van der Waals surface area contributed by atoms with Gasteiger partial charge in [-0.25, -0.2) is 0 Å². The van der Waals surface area contributed by atoms with Crippen LogP contribution in [0.5, 0.6) is 0 Å². The van der Waals surface area contributed by atoms with Gasteiger partial charge in [0.2, 0.25) is 0 Å². The molecule has 0 fully saturated rings. The predicted octanol–water partition coefficient (Wildman–Crippen LogP) is 0.804. The minimum atomic E-state index is 0.886. The van der Waals surface area contributed by atoms with Gasteiger partial charge < -0.3 is 0 Å². The van der Waals surface area contributed by atoms with Crippen molar-refractivity contribution in [2.45, 2.75) is 13.8 Å². The normalized spacial score (nSPS) is 12.8. The number of hydrogen-bond donors (Lipinski definition) is 0. The third-order valence-corrected chi connectivity index (χ3v) is 1.16. The van der Waals surface area contributed by atoms with Crippen molar-refractivity contribution >= 4 is 12.7 Å². The van der Waals surface area contributed by atoms with E-state index in [-0.39, 0.29) is 0 Å². The summed E-state index contributed by atoms with van der Waals surface area (Å²) in [6.07, 6.45) is 1.64. The summed E-state index contributed by atoms with van der Waals surface area (Å²) >= 11 is 2.81. The summed E-state index contributed by atoms with van der Waals surface area (Å²) < 4.78 is 1.77. The van der Waals surface area contributed by atoms with E-state index in [1.54, 1.807) is 6.95 Å². The Morgan fingerprint density at radius 3 is 2.62 bits per heavy atom. The van der Waals surface area contributed by atoms with Gasteiger partial charge >= 0.3 is 80.8 Å². The average Bonchev–Trinajstić information content (AvgIpc) is 1.83. The fraction of sp³-hybridized carbons (Fsp3) is 0.400. The third-order valence-electron chi connectivity index (χ3n) is 0.443. The van der Waals surface area contributed by atoms with Gasteiger partial charge in [0.1, 0.15) is 0 Å². The summed E-state index contributed by atoms with van der Waals surface area (Å²) in [5, 5.41) is 7.41. The van der Waals surface area contributed by atoms with Gasteiger partial charge in [-0.2, -0.15) is 0 Å². The van der Waals surface area contributed by atoms with Crippen molar-refractivity contribution in [3.8, 4) is 0 Å². The zero-order valence-corrected chi connectivity index (χ0v) is 6.53. The van der Waals surface area contributed by atoms with Crippen LogP contribution in [-0.4, -0.2) is 12.7 Å². The molecule has 52 valence electrons. The Kier molecular flexibility index (Phi) is 6.39. The van der Waals surface area contributed by atoms with Gasteiger partial charge in [-0.05, 0) is 0 Å². The van der Waals surface area contributed by atoms with Crippen LogP contribution in [0.15, 0.2) is 10.2 Å². The predicted molar refractivity (Wildman–Crippen MR) is 33.3 cm³/mol. The molecule has 3 heteroatoms. The Hall–Kier alpha value is 0.729. The van der Waals surface area contributed by atoms with Crippen molar-refractivity contribution in [1.82, 2.24) is 0 Å². The molecular weight excluding hydrogens is 261 g/mol. The van der Waals surface area contributed by atoms with Crippen LogP contribution in [-0.2, 0) is 0 Å². The first-order chi connectivity index (χ1) is 3.81. The number of nitrogens with zero attached hydrogens (tertiary/aromatic N) is 2. The molecule has 0 radical (unpaired) electrons. The van der Waals surface area contributed by atoms with Crippen LogP contribution in [0.3, 0.4) is 0 Å². The molecule has 0 atom stereocenters. The average molecular weight is 269 g/mol. The van der Waals surface area contributed by atoms with Crippen LogP contribution in [0, 0.1) is 44.1 Å². The zero-order valence-electron chi connectivity index (χ0n) is 4.82. The van der Waals surface area contributed by atoms with E-state index in [1.807, 2.05) is 13.8 Å². The first-order valence-electron chi connectivity index (χ1n) is 2.20. The van der Waals surface area contributed by atoms with Crippen molar-refractivity contribution in [1.29, 1.82) is 0 Å². The van der Waals surface area contributed by atoms with E-state index in [4.69, 9.17) is 0 Å². The molecule has 0 N–H and O–H groups in total.